The molecule has 0 aliphatic carbocycles. The Morgan fingerprint density at radius 1 is 1.00 bits per heavy atom. The summed E-state index contributed by atoms with van der Waals surface area (Å²) in [6, 6.07) is 20.2. The molecule has 1 aromatic heterocycles. The first-order valence-corrected chi connectivity index (χ1v) is 11.0. The highest BCUT2D eigenvalue weighted by Gasteiger charge is 2.19. The quantitative estimate of drug-likeness (QED) is 0.651. The third kappa shape index (κ3) is 4.66. The predicted molar refractivity (Wildman–Crippen MR) is 124 cm³/mol. The van der Waals surface area contributed by atoms with Crippen LogP contribution in [0.2, 0.25) is 0 Å². The molecule has 6 heteroatoms. The van der Waals surface area contributed by atoms with Crippen molar-refractivity contribution in [2.45, 2.75) is 6.54 Å². The molecule has 1 aliphatic heterocycles. The van der Waals surface area contributed by atoms with Gasteiger partial charge in [0.15, 0.2) is 0 Å². The zero-order valence-corrected chi connectivity index (χ0v) is 18.2. The first-order valence-electron chi connectivity index (χ1n) is 10.2. The van der Waals surface area contributed by atoms with Crippen LogP contribution < -0.4 is 15.0 Å². The lowest BCUT2D eigenvalue weighted by Gasteiger charge is -2.35. The summed E-state index contributed by atoms with van der Waals surface area (Å²) in [5.41, 5.74) is 3.49. The number of piperazine rings is 1. The summed E-state index contributed by atoms with van der Waals surface area (Å²) in [4.78, 5) is 19.3. The number of carbonyl (C=O) groups excluding carboxylic acids is 1. The van der Waals surface area contributed by atoms with Gasteiger partial charge in [-0.25, -0.2) is 0 Å². The SMILES string of the molecule is COc1ccc(CNC(=O)c2ccc(-c3ccccc3N3CCN(C)CC3)s2)cc1. The third-order valence-corrected chi connectivity index (χ3v) is 6.57. The lowest BCUT2D eigenvalue weighted by atomic mass is 10.1. The Bertz CT molecular complexity index is 992. The van der Waals surface area contributed by atoms with E-state index in [0.717, 1.165) is 47.2 Å². The van der Waals surface area contributed by atoms with Gasteiger partial charge in [-0.2, -0.15) is 0 Å². The number of methoxy groups -OCH3 is 1. The van der Waals surface area contributed by atoms with Crippen molar-refractivity contribution in [2.75, 3.05) is 45.2 Å². The molecule has 2 aromatic carbocycles. The molecule has 0 spiro atoms. The second-order valence-electron chi connectivity index (χ2n) is 7.50. The molecule has 5 nitrogen and oxygen atoms in total. The molecule has 3 aromatic rings. The van der Waals surface area contributed by atoms with Crippen molar-refractivity contribution < 1.29 is 9.53 Å². The maximum atomic E-state index is 12.7. The van der Waals surface area contributed by atoms with Crippen molar-refractivity contribution in [3.63, 3.8) is 0 Å². The zero-order valence-electron chi connectivity index (χ0n) is 17.4. The zero-order chi connectivity index (χ0) is 20.9. The van der Waals surface area contributed by atoms with Gasteiger partial charge in [0.25, 0.3) is 5.91 Å². The highest BCUT2D eigenvalue weighted by Crippen LogP contribution is 2.35. The fraction of sp³-hybridized carbons (Fsp3) is 0.292. The number of hydrogen-bond donors (Lipinski definition) is 1. The minimum Gasteiger partial charge on any atom is -0.497 e. The number of anilines is 1. The summed E-state index contributed by atoms with van der Waals surface area (Å²) in [5, 5.41) is 3.02. The van der Waals surface area contributed by atoms with Crippen LogP contribution in [0.25, 0.3) is 10.4 Å². The Morgan fingerprint density at radius 3 is 2.47 bits per heavy atom. The summed E-state index contributed by atoms with van der Waals surface area (Å²) >= 11 is 1.54. The second kappa shape index (κ2) is 9.32. The van der Waals surface area contributed by atoms with Gasteiger partial charge >= 0.3 is 0 Å². The van der Waals surface area contributed by atoms with Gasteiger partial charge in [0.2, 0.25) is 0 Å². The Morgan fingerprint density at radius 2 is 1.73 bits per heavy atom. The Balaban J connectivity index is 1.45. The van der Waals surface area contributed by atoms with E-state index in [9.17, 15) is 4.79 Å². The number of benzene rings is 2. The molecule has 1 amide bonds. The minimum atomic E-state index is -0.0425. The van der Waals surface area contributed by atoms with E-state index in [4.69, 9.17) is 4.74 Å². The molecule has 0 bridgehead atoms. The molecule has 1 fully saturated rings. The van der Waals surface area contributed by atoms with Crippen LogP contribution in [0.1, 0.15) is 15.2 Å². The van der Waals surface area contributed by atoms with Crippen molar-refractivity contribution >= 4 is 22.9 Å². The maximum absolute atomic E-state index is 12.7. The molecule has 1 saturated heterocycles. The number of likely N-dealkylation sites (N-methyl/N-ethyl adjacent to an activating group) is 1. The van der Waals surface area contributed by atoms with E-state index in [0.29, 0.717) is 6.54 Å². The van der Waals surface area contributed by atoms with Gasteiger partial charge in [-0.1, -0.05) is 30.3 Å². The normalized spacial score (nSPS) is 14.5. The van der Waals surface area contributed by atoms with E-state index in [2.05, 4.69) is 52.5 Å². The van der Waals surface area contributed by atoms with E-state index in [-0.39, 0.29) is 5.91 Å². The van der Waals surface area contributed by atoms with Gasteiger partial charge in [-0.05, 0) is 42.9 Å². The van der Waals surface area contributed by atoms with Crippen molar-refractivity contribution in [1.29, 1.82) is 0 Å². The van der Waals surface area contributed by atoms with Crippen molar-refractivity contribution in [2.24, 2.45) is 0 Å². The lowest BCUT2D eigenvalue weighted by Crippen LogP contribution is -2.44. The van der Waals surface area contributed by atoms with Crippen LogP contribution in [0.5, 0.6) is 5.75 Å². The first kappa shape index (κ1) is 20.4. The van der Waals surface area contributed by atoms with E-state index in [1.807, 2.05) is 30.3 Å². The van der Waals surface area contributed by atoms with Crippen LogP contribution in [-0.4, -0.2) is 51.1 Å². The number of hydrogen-bond acceptors (Lipinski definition) is 5. The number of amides is 1. The molecule has 0 atom stereocenters. The van der Waals surface area contributed by atoms with Gasteiger partial charge in [0.05, 0.1) is 12.0 Å². The Hall–Kier alpha value is -2.83. The number of rotatable bonds is 6. The Kier molecular flexibility index (Phi) is 6.35. The summed E-state index contributed by atoms with van der Waals surface area (Å²) < 4.78 is 5.18. The van der Waals surface area contributed by atoms with Crippen LogP contribution in [0, 0.1) is 0 Å². The molecular formula is C24H27N3O2S. The van der Waals surface area contributed by atoms with Gasteiger partial charge < -0.3 is 19.9 Å². The van der Waals surface area contributed by atoms with Crippen molar-refractivity contribution in [3.8, 4) is 16.2 Å². The van der Waals surface area contributed by atoms with Crippen LogP contribution in [0.15, 0.2) is 60.7 Å². The summed E-state index contributed by atoms with van der Waals surface area (Å²) in [7, 11) is 3.81. The van der Waals surface area contributed by atoms with E-state index >= 15 is 0 Å². The largest absolute Gasteiger partial charge is 0.497 e. The van der Waals surface area contributed by atoms with Crippen LogP contribution in [-0.2, 0) is 6.54 Å². The highest BCUT2D eigenvalue weighted by molar-refractivity contribution is 7.17. The average molecular weight is 422 g/mol. The van der Waals surface area contributed by atoms with E-state index in [1.54, 1.807) is 18.4 Å². The number of nitrogens with one attached hydrogen (secondary N) is 1. The van der Waals surface area contributed by atoms with Crippen LogP contribution in [0.4, 0.5) is 5.69 Å². The molecule has 4 rings (SSSR count). The summed E-state index contributed by atoms with van der Waals surface area (Å²) in [6.45, 7) is 4.67. The predicted octanol–water partition coefficient (Wildman–Crippen LogP) is 4.11. The minimum absolute atomic E-state index is 0.0425. The topological polar surface area (TPSA) is 44.8 Å². The molecule has 30 heavy (non-hydrogen) atoms. The van der Waals surface area contributed by atoms with Crippen LogP contribution in [0.3, 0.4) is 0 Å². The summed E-state index contributed by atoms with van der Waals surface area (Å²) in [6.07, 6.45) is 0. The van der Waals surface area contributed by atoms with Gasteiger partial charge in [0.1, 0.15) is 5.75 Å². The van der Waals surface area contributed by atoms with Gasteiger partial charge in [-0.15, -0.1) is 11.3 Å². The maximum Gasteiger partial charge on any atom is 0.261 e. The van der Waals surface area contributed by atoms with E-state index in [1.165, 1.54) is 11.3 Å². The lowest BCUT2D eigenvalue weighted by molar-refractivity contribution is 0.0955. The fourth-order valence-electron chi connectivity index (χ4n) is 3.62. The van der Waals surface area contributed by atoms with Gasteiger partial charge in [0, 0.05) is 48.9 Å². The number of nitrogens with zero attached hydrogens (tertiary/aromatic N) is 2. The number of thiophene rings is 1. The third-order valence-electron chi connectivity index (χ3n) is 5.46. The molecule has 2 heterocycles. The highest BCUT2D eigenvalue weighted by atomic mass is 32.1. The first-order chi connectivity index (χ1) is 14.6. The van der Waals surface area contributed by atoms with Crippen LogP contribution >= 0.6 is 11.3 Å². The molecule has 156 valence electrons. The molecule has 0 unspecified atom stereocenters. The molecule has 0 saturated carbocycles. The number of para-hydroxylation sites is 1. The number of ether oxygens (including phenoxy) is 1. The Labute approximate surface area is 181 Å². The van der Waals surface area contributed by atoms with Crippen molar-refractivity contribution in [3.05, 3.63) is 71.1 Å². The average Bonchev–Trinajstić information content (AvgIpc) is 3.29. The smallest absolute Gasteiger partial charge is 0.261 e. The summed E-state index contributed by atoms with van der Waals surface area (Å²) in [5.74, 6) is 0.770. The van der Waals surface area contributed by atoms with Gasteiger partial charge in [-0.3, -0.25) is 4.79 Å². The second-order valence-corrected chi connectivity index (χ2v) is 8.59. The number of carbonyl (C=O) groups is 1. The standard InChI is InChI=1S/C24H27N3O2S/c1-26-13-15-27(16-14-26)21-6-4-3-5-20(21)22-11-12-23(30-22)24(28)25-17-18-7-9-19(29-2)10-8-18/h3-12H,13-17H2,1-2H3,(H,25,28). The fourth-order valence-corrected chi connectivity index (χ4v) is 4.58. The molecule has 1 N–H and O–H groups in total. The molecule has 1 aliphatic rings. The van der Waals surface area contributed by atoms with Crippen molar-refractivity contribution in [1.82, 2.24) is 10.2 Å². The monoisotopic (exact) mass is 421 g/mol. The van der Waals surface area contributed by atoms with E-state index < -0.39 is 0 Å². The molecule has 0 radical (unpaired) electrons. The molecular weight excluding hydrogens is 394 g/mol.